The molecule has 0 aliphatic rings. The average molecular weight is 304 g/mol. The highest BCUT2D eigenvalue weighted by Crippen LogP contribution is 2.21. The number of hydrogen-bond acceptors (Lipinski definition) is 1. The summed E-state index contributed by atoms with van der Waals surface area (Å²) in [6.45, 7) is 4.36. The Kier molecular flexibility index (Phi) is 4.89. The largest absolute Gasteiger partial charge is 0.388 e. The predicted molar refractivity (Wildman–Crippen MR) is 68.2 cm³/mol. The molecule has 1 unspecified atom stereocenters. The lowest BCUT2D eigenvalue weighted by Crippen LogP contribution is -2.00. The van der Waals surface area contributed by atoms with Crippen LogP contribution in [0.5, 0.6) is 0 Å². The molecule has 0 heterocycles. The van der Waals surface area contributed by atoms with Crippen molar-refractivity contribution in [1.29, 1.82) is 0 Å². The summed E-state index contributed by atoms with van der Waals surface area (Å²) in [6, 6.07) is 8.08. The van der Waals surface area contributed by atoms with E-state index in [1.54, 1.807) is 0 Å². The Labute approximate surface area is 99.7 Å². The van der Waals surface area contributed by atoms with Crippen molar-refractivity contribution in [1.82, 2.24) is 0 Å². The van der Waals surface area contributed by atoms with E-state index >= 15 is 0 Å². The maximum absolute atomic E-state index is 9.89. The summed E-state index contributed by atoms with van der Waals surface area (Å²) in [7, 11) is 0. The molecule has 1 atom stereocenters. The topological polar surface area (TPSA) is 20.2 Å². The van der Waals surface area contributed by atoms with Crippen LogP contribution in [0.4, 0.5) is 0 Å². The second-order valence-corrected chi connectivity index (χ2v) is 5.29. The minimum Gasteiger partial charge on any atom is -0.388 e. The van der Waals surface area contributed by atoms with E-state index in [-0.39, 0.29) is 6.10 Å². The van der Waals surface area contributed by atoms with Crippen molar-refractivity contribution < 1.29 is 5.11 Å². The predicted octanol–water partition coefficient (Wildman–Crippen LogP) is 3.76. The van der Waals surface area contributed by atoms with Crippen LogP contribution in [0, 0.1) is 9.49 Å². The van der Waals surface area contributed by atoms with Gasteiger partial charge in [-0.15, -0.1) is 0 Å². The number of hydrogen-bond donors (Lipinski definition) is 1. The van der Waals surface area contributed by atoms with E-state index in [0.29, 0.717) is 5.92 Å². The molecule has 0 amide bonds. The minimum atomic E-state index is -0.299. The first-order valence-electron chi connectivity index (χ1n) is 5.03. The molecule has 78 valence electrons. The molecule has 0 aliphatic heterocycles. The van der Waals surface area contributed by atoms with Crippen molar-refractivity contribution in [2.24, 2.45) is 5.92 Å². The van der Waals surface area contributed by atoms with Crippen LogP contribution < -0.4 is 0 Å². The van der Waals surface area contributed by atoms with E-state index in [1.807, 2.05) is 24.3 Å². The molecule has 1 nitrogen and oxygen atoms in total. The monoisotopic (exact) mass is 304 g/mol. The van der Waals surface area contributed by atoms with Crippen LogP contribution in [0.1, 0.15) is 38.4 Å². The first-order chi connectivity index (χ1) is 6.59. The SMILES string of the molecule is CC(C)CCC(O)c1cccc(I)c1. The normalized spacial score (nSPS) is 13.2. The molecule has 0 spiro atoms. The lowest BCUT2D eigenvalue weighted by atomic mass is 10.0. The second-order valence-electron chi connectivity index (χ2n) is 4.04. The van der Waals surface area contributed by atoms with Crippen LogP contribution in [0.25, 0.3) is 0 Å². The molecular weight excluding hydrogens is 287 g/mol. The lowest BCUT2D eigenvalue weighted by molar-refractivity contribution is 0.159. The van der Waals surface area contributed by atoms with Crippen molar-refractivity contribution in [3.63, 3.8) is 0 Å². The molecule has 1 rings (SSSR count). The molecule has 0 radical (unpaired) electrons. The Hall–Kier alpha value is -0.0900. The number of aliphatic hydroxyl groups is 1. The third kappa shape index (κ3) is 3.96. The van der Waals surface area contributed by atoms with Gasteiger partial charge in [-0.3, -0.25) is 0 Å². The van der Waals surface area contributed by atoms with Gasteiger partial charge in [-0.05, 0) is 59.0 Å². The van der Waals surface area contributed by atoms with E-state index in [2.05, 4.69) is 36.4 Å². The molecule has 0 aliphatic carbocycles. The van der Waals surface area contributed by atoms with Crippen molar-refractivity contribution >= 4 is 22.6 Å². The van der Waals surface area contributed by atoms with Gasteiger partial charge < -0.3 is 5.11 Å². The highest BCUT2D eigenvalue weighted by molar-refractivity contribution is 14.1. The first kappa shape index (κ1) is 12.0. The van der Waals surface area contributed by atoms with E-state index in [1.165, 1.54) is 3.57 Å². The molecule has 0 fully saturated rings. The Morgan fingerprint density at radius 1 is 1.29 bits per heavy atom. The van der Waals surface area contributed by atoms with Crippen LogP contribution in [0.3, 0.4) is 0 Å². The van der Waals surface area contributed by atoms with Gasteiger partial charge in [-0.1, -0.05) is 26.0 Å². The Morgan fingerprint density at radius 2 is 2.00 bits per heavy atom. The molecule has 2 heteroatoms. The maximum Gasteiger partial charge on any atom is 0.0790 e. The van der Waals surface area contributed by atoms with Crippen LogP contribution in [-0.4, -0.2) is 5.11 Å². The average Bonchev–Trinajstić information content (AvgIpc) is 2.14. The molecule has 0 bridgehead atoms. The van der Waals surface area contributed by atoms with Crippen molar-refractivity contribution in [3.05, 3.63) is 33.4 Å². The summed E-state index contributed by atoms with van der Waals surface area (Å²) < 4.78 is 1.18. The van der Waals surface area contributed by atoms with Gasteiger partial charge in [0.2, 0.25) is 0 Å². The van der Waals surface area contributed by atoms with Gasteiger partial charge in [0.05, 0.1) is 6.10 Å². The number of benzene rings is 1. The Morgan fingerprint density at radius 3 is 2.57 bits per heavy atom. The number of rotatable bonds is 4. The molecule has 14 heavy (non-hydrogen) atoms. The fourth-order valence-corrected chi connectivity index (χ4v) is 1.94. The highest BCUT2D eigenvalue weighted by atomic mass is 127. The third-order valence-electron chi connectivity index (χ3n) is 2.25. The van der Waals surface area contributed by atoms with Gasteiger partial charge in [-0.2, -0.15) is 0 Å². The minimum absolute atomic E-state index is 0.299. The number of aliphatic hydroxyl groups excluding tert-OH is 1. The van der Waals surface area contributed by atoms with E-state index in [0.717, 1.165) is 18.4 Å². The number of halogens is 1. The molecule has 0 saturated carbocycles. The van der Waals surface area contributed by atoms with Crippen LogP contribution in [-0.2, 0) is 0 Å². The van der Waals surface area contributed by atoms with Gasteiger partial charge in [-0.25, -0.2) is 0 Å². The van der Waals surface area contributed by atoms with Gasteiger partial charge in [0.15, 0.2) is 0 Å². The fourth-order valence-electron chi connectivity index (χ4n) is 1.37. The van der Waals surface area contributed by atoms with Gasteiger partial charge >= 0.3 is 0 Å². The van der Waals surface area contributed by atoms with E-state index in [4.69, 9.17) is 0 Å². The zero-order chi connectivity index (χ0) is 10.6. The van der Waals surface area contributed by atoms with Crippen LogP contribution in [0.15, 0.2) is 24.3 Å². The Bertz CT molecular complexity index is 283. The highest BCUT2D eigenvalue weighted by Gasteiger charge is 2.08. The molecular formula is C12H17IO. The van der Waals surface area contributed by atoms with Gasteiger partial charge in [0.25, 0.3) is 0 Å². The fraction of sp³-hybridized carbons (Fsp3) is 0.500. The standard InChI is InChI=1S/C12H17IO/c1-9(2)6-7-12(14)10-4-3-5-11(13)8-10/h3-5,8-9,12,14H,6-7H2,1-2H3. The van der Waals surface area contributed by atoms with Crippen molar-refractivity contribution in [3.8, 4) is 0 Å². The van der Waals surface area contributed by atoms with Crippen LogP contribution >= 0.6 is 22.6 Å². The molecule has 1 aromatic carbocycles. The molecule has 1 N–H and O–H groups in total. The van der Waals surface area contributed by atoms with Gasteiger partial charge in [0, 0.05) is 3.57 Å². The quantitative estimate of drug-likeness (QED) is 0.840. The van der Waals surface area contributed by atoms with E-state index < -0.39 is 0 Å². The molecule has 0 aromatic heterocycles. The Balaban J connectivity index is 2.56. The maximum atomic E-state index is 9.89. The lowest BCUT2D eigenvalue weighted by Gasteiger charge is -2.12. The zero-order valence-corrected chi connectivity index (χ0v) is 10.9. The van der Waals surface area contributed by atoms with Crippen LogP contribution in [0.2, 0.25) is 0 Å². The second kappa shape index (κ2) is 5.71. The summed E-state index contributed by atoms with van der Waals surface area (Å²) in [5.74, 6) is 0.660. The molecule has 0 saturated heterocycles. The van der Waals surface area contributed by atoms with Crippen molar-refractivity contribution in [2.45, 2.75) is 32.8 Å². The van der Waals surface area contributed by atoms with Gasteiger partial charge in [0.1, 0.15) is 0 Å². The summed E-state index contributed by atoms with van der Waals surface area (Å²) in [5.41, 5.74) is 1.04. The summed E-state index contributed by atoms with van der Waals surface area (Å²) >= 11 is 2.27. The summed E-state index contributed by atoms with van der Waals surface area (Å²) in [5, 5.41) is 9.89. The summed E-state index contributed by atoms with van der Waals surface area (Å²) in [6.07, 6.45) is 1.64. The van der Waals surface area contributed by atoms with E-state index in [9.17, 15) is 5.11 Å². The third-order valence-corrected chi connectivity index (χ3v) is 2.92. The smallest absolute Gasteiger partial charge is 0.0790 e. The van der Waals surface area contributed by atoms with Crippen molar-refractivity contribution in [2.75, 3.05) is 0 Å². The first-order valence-corrected chi connectivity index (χ1v) is 6.11. The summed E-state index contributed by atoms with van der Waals surface area (Å²) in [4.78, 5) is 0. The molecule has 1 aromatic rings. The zero-order valence-electron chi connectivity index (χ0n) is 8.70.